The fourth-order valence-electron chi connectivity index (χ4n) is 1.70. The molecule has 0 saturated heterocycles. The van der Waals surface area contributed by atoms with Gasteiger partial charge in [0, 0.05) is 10.9 Å². The molecule has 1 atom stereocenters. The first kappa shape index (κ1) is 9.62. The smallest absolute Gasteiger partial charge is 0.143 e. The number of fused-ring (bicyclic) bond motifs is 1. The fourth-order valence-corrected chi connectivity index (χ4v) is 3.18. The summed E-state index contributed by atoms with van der Waals surface area (Å²) in [5, 5.41) is 1.25. The summed E-state index contributed by atoms with van der Waals surface area (Å²) in [6.45, 7) is 0. The second-order valence-electron chi connectivity index (χ2n) is 3.61. The van der Waals surface area contributed by atoms with Gasteiger partial charge in [0.2, 0.25) is 0 Å². The standard InChI is InChI=1S/C14H11OP/c1-2-7-13(8-3-1)16-11-10-12-6-4-5-9-14(12)15-16/h1-11H. The topological polar surface area (TPSA) is 9.23 Å². The molecular formula is C14H11OP. The Bertz CT molecular complexity index is 519. The van der Waals surface area contributed by atoms with Crippen LogP contribution in [0.2, 0.25) is 0 Å². The van der Waals surface area contributed by atoms with Gasteiger partial charge in [0.25, 0.3) is 0 Å². The Hall–Kier alpha value is -1.59. The molecule has 1 nitrogen and oxygen atoms in total. The van der Waals surface area contributed by atoms with Crippen LogP contribution in [0.15, 0.2) is 60.4 Å². The third-order valence-electron chi connectivity index (χ3n) is 2.52. The largest absolute Gasteiger partial charge is 0.464 e. The molecule has 0 bridgehead atoms. The van der Waals surface area contributed by atoms with E-state index >= 15 is 0 Å². The molecule has 2 aromatic rings. The minimum Gasteiger partial charge on any atom is -0.464 e. The van der Waals surface area contributed by atoms with Crippen molar-refractivity contribution >= 4 is 19.5 Å². The number of hydrogen-bond donors (Lipinski definition) is 0. The van der Waals surface area contributed by atoms with E-state index in [1.165, 1.54) is 5.30 Å². The summed E-state index contributed by atoms with van der Waals surface area (Å²) in [5.41, 5.74) is 1.16. The highest BCUT2D eigenvalue weighted by atomic mass is 31.1. The lowest BCUT2D eigenvalue weighted by atomic mass is 10.2. The Morgan fingerprint density at radius 3 is 2.44 bits per heavy atom. The highest BCUT2D eigenvalue weighted by Gasteiger charge is 2.15. The molecule has 0 aliphatic carbocycles. The molecule has 1 heterocycles. The highest BCUT2D eigenvalue weighted by Crippen LogP contribution is 2.44. The maximum Gasteiger partial charge on any atom is 0.143 e. The van der Waals surface area contributed by atoms with E-state index in [2.05, 4.69) is 42.2 Å². The van der Waals surface area contributed by atoms with Crippen LogP contribution in [-0.2, 0) is 0 Å². The number of hydrogen-bond acceptors (Lipinski definition) is 1. The molecule has 1 aliphatic rings. The Kier molecular flexibility index (Phi) is 2.47. The van der Waals surface area contributed by atoms with Crippen LogP contribution in [-0.4, -0.2) is 0 Å². The molecule has 0 spiro atoms. The van der Waals surface area contributed by atoms with Crippen molar-refractivity contribution in [1.82, 2.24) is 0 Å². The second-order valence-corrected chi connectivity index (χ2v) is 5.25. The first-order valence-electron chi connectivity index (χ1n) is 5.23. The van der Waals surface area contributed by atoms with Crippen LogP contribution >= 0.6 is 8.15 Å². The van der Waals surface area contributed by atoms with Crippen molar-refractivity contribution < 1.29 is 4.52 Å². The van der Waals surface area contributed by atoms with Crippen LogP contribution in [0.1, 0.15) is 5.56 Å². The van der Waals surface area contributed by atoms with E-state index in [-0.39, 0.29) is 0 Å². The molecule has 0 saturated carbocycles. The highest BCUT2D eigenvalue weighted by molar-refractivity contribution is 7.64. The normalized spacial score (nSPS) is 17.6. The lowest BCUT2D eigenvalue weighted by Gasteiger charge is -2.20. The van der Waals surface area contributed by atoms with Crippen molar-refractivity contribution in [2.24, 2.45) is 0 Å². The second kappa shape index (κ2) is 4.11. The van der Waals surface area contributed by atoms with Crippen LogP contribution in [0.5, 0.6) is 5.75 Å². The van der Waals surface area contributed by atoms with Crippen LogP contribution in [0, 0.1) is 0 Å². The Balaban J connectivity index is 1.95. The first-order valence-corrected chi connectivity index (χ1v) is 6.56. The molecule has 0 fully saturated rings. The van der Waals surface area contributed by atoms with Crippen molar-refractivity contribution in [2.45, 2.75) is 0 Å². The zero-order chi connectivity index (χ0) is 10.8. The maximum atomic E-state index is 6.00. The van der Waals surface area contributed by atoms with Crippen LogP contribution in [0.3, 0.4) is 0 Å². The molecule has 0 aromatic heterocycles. The van der Waals surface area contributed by atoms with E-state index in [0.717, 1.165) is 11.3 Å². The lowest BCUT2D eigenvalue weighted by molar-refractivity contribution is 0.625. The lowest BCUT2D eigenvalue weighted by Crippen LogP contribution is -2.05. The average Bonchev–Trinajstić information content (AvgIpc) is 2.39. The van der Waals surface area contributed by atoms with Crippen molar-refractivity contribution in [3.8, 4) is 5.75 Å². The van der Waals surface area contributed by atoms with Crippen molar-refractivity contribution in [2.75, 3.05) is 0 Å². The summed E-state index contributed by atoms with van der Waals surface area (Å²) in [7, 11) is -0.634. The molecule has 0 radical (unpaired) electrons. The molecule has 1 aliphatic heterocycles. The number of rotatable bonds is 1. The van der Waals surface area contributed by atoms with E-state index in [1.54, 1.807) is 0 Å². The van der Waals surface area contributed by atoms with Crippen molar-refractivity contribution in [1.29, 1.82) is 0 Å². The van der Waals surface area contributed by atoms with Crippen LogP contribution < -0.4 is 9.83 Å². The first-order chi connectivity index (χ1) is 7.93. The van der Waals surface area contributed by atoms with Crippen LogP contribution in [0.4, 0.5) is 0 Å². The van der Waals surface area contributed by atoms with Gasteiger partial charge >= 0.3 is 0 Å². The van der Waals surface area contributed by atoms with E-state index in [4.69, 9.17) is 4.52 Å². The minimum atomic E-state index is -0.634. The summed E-state index contributed by atoms with van der Waals surface area (Å²) in [6.07, 6.45) is 2.15. The van der Waals surface area contributed by atoms with E-state index in [1.807, 2.05) is 24.3 Å². The van der Waals surface area contributed by atoms with Crippen LogP contribution in [0.25, 0.3) is 6.08 Å². The predicted molar refractivity (Wildman–Crippen MR) is 69.1 cm³/mol. The molecule has 2 heteroatoms. The van der Waals surface area contributed by atoms with E-state index in [9.17, 15) is 0 Å². The summed E-state index contributed by atoms with van der Waals surface area (Å²) < 4.78 is 6.00. The van der Waals surface area contributed by atoms with Gasteiger partial charge in [-0.2, -0.15) is 0 Å². The minimum absolute atomic E-state index is 0.634. The molecule has 1 unspecified atom stereocenters. The summed E-state index contributed by atoms with van der Waals surface area (Å²) in [6, 6.07) is 18.5. The van der Waals surface area contributed by atoms with Gasteiger partial charge in [-0.1, -0.05) is 48.5 Å². The Morgan fingerprint density at radius 2 is 1.56 bits per heavy atom. The summed E-state index contributed by atoms with van der Waals surface area (Å²) >= 11 is 0. The van der Waals surface area contributed by atoms with E-state index in [0.29, 0.717) is 0 Å². The van der Waals surface area contributed by atoms with Gasteiger partial charge in [-0.15, -0.1) is 0 Å². The van der Waals surface area contributed by atoms with Crippen molar-refractivity contribution in [3.05, 3.63) is 66.0 Å². The summed E-state index contributed by atoms with van der Waals surface area (Å²) in [5.74, 6) is 3.15. The van der Waals surface area contributed by atoms with Gasteiger partial charge in [-0.25, -0.2) is 0 Å². The molecule has 78 valence electrons. The van der Waals surface area contributed by atoms with Gasteiger partial charge in [0.1, 0.15) is 13.9 Å². The van der Waals surface area contributed by atoms with Crippen molar-refractivity contribution in [3.63, 3.8) is 0 Å². The van der Waals surface area contributed by atoms with Gasteiger partial charge in [0.15, 0.2) is 0 Å². The number of benzene rings is 2. The third kappa shape index (κ3) is 1.75. The van der Waals surface area contributed by atoms with Gasteiger partial charge in [-0.05, 0) is 18.0 Å². The number of para-hydroxylation sites is 1. The van der Waals surface area contributed by atoms with E-state index < -0.39 is 8.15 Å². The Morgan fingerprint density at radius 1 is 0.812 bits per heavy atom. The van der Waals surface area contributed by atoms with Gasteiger partial charge in [0.05, 0.1) is 0 Å². The fraction of sp³-hybridized carbons (Fsp3) is 0. The average molecular weight is 226 g/mol. The third-order valence-corrected chi connectivity index (χ3v) is 4.14. The molecule has 0 N–H and O–H groups in total. The monoisotopic (exact) mass is 226 g/mol. The molecule has 3 rings (SSSR count). The molecule has 16 heavy (non-hydrogen) atoms. The zero-order valence-corrected chi connectivity index (χ0v) is 9.60. The molecular weight excluding hydrogens is 215 g/mol. The van der Waals surface area contributed by atoms with Gasteiger partial charge in [-0.3, -0.25) is 0 Å². The Labute approximate surface area is 96.2 Å². The van der Waals surface area contributed by atoms with Gasteiger partial charge < -0.3 is 4.52 Å². The predicted octanol–water partition coefficient (Wildman–Crippen LogP) is 3.77. The summed E-state index contributed by atoms with van der Waals surface area (Å²) in [4.78, 5) is 0. The zero-order valence-electron chi connectivity index (χ0n) is 8.71. The quantitative estimate of drug-likeness (QED) is 0.672. The molecule has 0 amide bonds. The maximum absolute atomic E-state index is 6.00. The SMILES string of the molecule is C1=CP(c2ccccc2)Oc2ccccc21. The molecule has 2 aromatic carbocycles.